The standard InChI is InChI=1S/C67H110O6/c1-4-7-10-13-16-19-22-25-28-31-33-36-39-42-45-48-51-54-57-60-66(69)72-63-64(62-71-65(68)59-56-53-50-47-44-41-38-35-30-27-24-21-18-15-12-9-6-3)73-67(70)61-58-55-52-49-46-43-40-37-34-32-29-26-23-20-17-14-11-8-5-2/h8,11,16-17,19-20,25-26,28-29,33-34,36-37,42-43,45-46,52,55,64H,4-7,9-10,12-15,18,21-24,27,30-32,35,38-41,44,47-51,53-54,56-63H2,1-3H3/b11-8-,19-16-,20-17-,28-25-,29-26-,36-33-,37-34-,45-42-,46-43-,55-52-/t64-/m0/s1. The zero-order valence-corrected chi connectivity index (χ0v) is 47.4. The summed E-state index contributed by atoms with van der Waals surface area (Å²) in [7, 11) is 0. The van der Waals surface area contributed by atoms with Crippen molar-refractivity contribution in [1.82, 2.24) is 0 Å². The average molecular weight is 1010 g/mol. The molecule has 1 atom stereocenters. The minimum atomic E-state index is -0.835. The molecule has 0 aliphatic carbocycles. The largest absolute Gasteiger partial charge is 0.462 e. The fourth-order valence-electron chi connectivity index (χ4n) is 7.98. The van der Waals surface area contributed by atoms with E-state index in [9.17, 15) is 14.4 Å². The summed E-state index contributed by atoms with van der Waals surface area (Å²) in [5, 5.41) is 0. The minimum absolute atomic E-state index is 0.119. The molecule has 73 heavy (non-hydrogen) atoms. The summed E-state index contributed by atoms with van der Waals surface area (Å²) in [6.45, 7) is 6.42. The first-order valence-electron chi connectivity index (χ1n) is 30.0. The van der Waals surface area contributed by atoms with E-state index in [1.54, 1.807) is 0 Å². The maximum atomic E-state index is 12.8. The second-order valence-electron chi connectivity index (χ2n) is 19.5. The van der Waals surface area contributed by atoms with E-state index in [0.29, 0.717) is 19.3 Å². The van der Waals surface area contributed by atoms with Gasteiger partial charge in [-0.2, -0.15) is 0 Å². The number of hydrogen-bond acceptors (Lipinski definition) is 6. The first-order chi connectivity index (χ1) is 36.0. The Morgan fingerprint density at radius 1 is 0.288 bits per heavy atom. The van der Waals surface area contributed by atoms with Gasteiger partial charge in [-0.15, -0.1) is 0 Å². The highest BCUT2D eigenvalue weighted by Gasteiger charge is 2.19. The molecule has 0 rings (SSSR count). The van der Waals surface area contributed by atoms with Crippen LogP contribution < -0.4 is 0 Å². The van der Waals surface area contributed by atoms with Crippen LogP contribution in [0.3, 0.4) is 0 Å². The van der Waals surface area contributed by atoms with Gasteiger partial charge >= 0.3 is 17.9 Å². The van der Waals surface area contributed by atoms with Crippen LogP contribution >= 0.6 is 0 Å². The third-order valence-corrected chi connectivity index (χ3v) is 12.5. The lowest BCUT2D eigenvalue weighted by atomic mass is 10.0. The number of unbranched alkanes of at least 4 members (excludes halogenated alkanes) is 22. The predicted octanol–water partition coefficient (Wildman–Crippen LogP) is 20.4. The Hall–Kier alpha value is -4.19. The molecule has 0 saturated heterocycles. The number of hydrogen-bond donors (Lipinski definition) is 0. The van der Waals surface area contributed by atoms with Gasteiger partial charge in [-0.05, 0) is 103 Å². The number of esters is 3. The quantitative estimate of drug-likeness (QED) is 0.0261. The summed E-state index contributed by atoms with van der Waals surface area (Å²) in [5.41, 5.74) is 0. The van der Waals surface area contributed by atoms with Crippen LogP contribution in [0.4, 0.5) is 0 Å². The lowest BCUT2D eigenvalue weighted by molar-refractivity contribution is -0.166. The van der Waals surface area contributed by atoms with Crippen molar-refractivity contribution in [2.24, 2.45) is 0 Å². The lowest BCUT2D eigenvalue weighted by Gasteiger charge is -2.18. The van der Waals surface area contributed by atoms with Crippen molar-refractivity contribution in [3.05, 3.63) is 122 Å². The van der Waals surface area contributed by atoms with Gasteiger partial charge in [0, 0.05) is 19.3 Å². The van der Waals surface area contributed by atoms with Crippen molar-refractivity contribution < 1.29 is 28.6 Å². The number of allylic oxidation sites excluding steroid dienone is 20. The van der Waals surface area contributed by atoms with Crippen LogP contribution in [-0.2, 0) is 28.6 Å². The van der Waals surface area contributed by atoms with E-state index < -0.39 is 12.1 Å². The molecule has 414 valence electrons. The zero-order chi connectivity index (χ0) is 52.9. The van der Waals surface area contributed by atoms with Gasteiger partial charge in [0.1, 0.15) is 13.2 Å². The highest BCUT2D eigenvalue weighted by molar-refractivity contribution is 5.71. The van der Waals surface area contributed by atoms with E-state index >= 15 is 0 Å². The van der Waals surface area contributed by atoms with Crippen LogP contribution in [0, 0.1) is 0 Å². The number of ether oxygens (including phenoxy) is 3. The Labute approximate surface area is 450 Å². The smallest absolute Gasteiger partial charge is 0.306 e. The number of rotatable bonds is 53. The Morgan fingerprint density at radius 3 is 0.918 bits per heavy atom. The van der Waals surface area contributed by atoms with Gasteiger partial charge < -0.3 is 14.2 Å². The topological polar surface area (TPSA) is 78.9 Å². The predicted molar refractivity (Wildman–Crippen MR) is 316 cm³/mol. The minimum Gasteiger partial charge on any atom is -0.462 e. The average Bonchev–Trinajstić information content (AvgIpc) is 3.39. The molecule has 0 spiro atoms. The zero-order valence-electron chi connectivity index (χ0n) is 47.4. The van der Waals surface area contributed by atoms with Crippen LogP contribution in [0.1, 0.15) is 265 Å². The molecule has 0 aromatic carbocycles. The first kappa shape index (κ1) is 68.8. The molecule has 0 aromatic heterocycles. The molecule has 0 heterocycles. The van der Waals surface area contributed by atoms with Gasteiger partial charge in [0.2, 0.25) is 0 Å². The van der Waals surface area contributed by atoms with E-state index in [0.717, 1.165) is 103 Å². The number of carbonyl (C=O) groups is 3. The van der Waals surface area contributed by atoms with E-state index in [4.69, 9.17) is 14.2 Å². The summed E-state index contributed by atoms with van der Waals surface area (Å²) in [6, 6.07) is 0. The Bertz CT molecular complexity index is 1540. The van der Waals surface area contributed by atoms with E-state index in [-0.39, 0.29) is 31.6 Å². The molecule has 6 heteroatoms. The van der Waals surface area contributed by atoms with Crippen LogP contribution in [0.25, 0.3) is 0 Å². The van der Waals surface area contributed by atoms with Gasteiger partial charge in [-0.25, -0.2) is 0 Å². The summed E-state index contributed by atoms with van der Waals surface area (Å²) >= 11 is 0. The molecular weight excluding hydrogens is 901 g/mol. The maximum Gasteiger partial charge on any atom is 0.306 e. The van der Waals surface area contributed by atoms with E-state index in [2.05, 4.69) is 130 Å². The Kier molecular flexibility index (Phi) is 56.9. The molecule has 0 fully saturated rings. The summed E-state index contributed by atoms with van der Waals surface area (Å²) in [6.07, 6.45) is 83.4. The first-order valence-corrected chi connectivity index (χ1v) is 30.0. The molecule has 0 aromatic rings. The molecular formula is C67H110O6. The van der Waals surface area contributed by atoms with Gasteiger partial charge in [-0.3, -0.25) is 14.4 Å². The molecule has 0 saturated carbocycles. The van der Waals surface area contributed by atoms with Crippen molar-refractivity contribution in [3.63, 3.8) is 0 Å². The molecule has 0 bridgehead atoms. The van der Waals surface area contributed by atoms with Crippen molar-refractivity contribution in [1.29, 1.82) is 0 Å². The molecule has 0 amide bonds. The van der Waals surface area contributed by atoms with Gasteiger partial charge in [0.05, 0.1) is 0 Å². The molecule has 0 N–H and O–H groups in total. The second kappa shape index (κ2) is 60.4. The highest BCUT2D eigenvalue weighted by atomic mass is 16.6. The molecule has 0 aliphatic heterocycles. The second-order valence-corrected chi connectivity index (χ2v) is 19.5. The van der Waals surface area contributed by atoms with E-state index in [1.165, 1.54) is 116 Å². The van der Waals surface area contributed by atoms with Gasteiger partial charge in [0.15, 0.2) is 6.10 Å². The van der Waals surface area contributed by atoms with E-state index in [1.807, 2.05) is 12.2 Å². The highest BCUT2D eigenvalue weighted by Crippen LogP contribution is 2.15. The molecule has 0 radical (unpaired) electrons. The van der Waals surface area contributed by atoms with Gasteiger partial charge in [-0.1, -0.05) is 264 Å². The summed E-state index contributed by atoms with van der Waals surface area (Å²) < 4.78 is 16.8. The lowest BCUT2D eigenvalue weighted by Crippen LogP contribution is -2.30. The summed E-state index contributed by atoms with van der Waals surface area (Å²) in [5.74, 6) is -1.03. The van der Waals surface area contributed by atoms with Crippen molar-refractivity contribution in [3.8, 4) is 0 Å². The fraction of sp³-hybridized carbons (Fsp3) is 0.657. The molecule has 0 unspecified atom stereocenters. The van der Waals surface area contributed by atoms with Crippen molar-refractivity contribution in [2.45, 2.75) is 271 Å². The number of carbonyl (C=O) groups excluding carboxylic acids is 3. The van der Waals surface area contributed by atoms with Crippen LogP contribution in [-0.4, -0.2) is 37.2 Å². The monoisotopic (exact) mass is 1010 g/mol. The van der Waals surface area contributed by atoms with Crippen molar-refractivity contribution >= 4 is 17.9 Å². The normalized spacial score (nSPS) is 13.0. The summed E-state index contributed by atoms with van der Waals surface area (Å²) in [4.78, 5) is 38.2. The SMILES string of the molecule is CC/C=C\C/C=C\C/C=C\C/C=C\C/C=C\C/C=C\CCC(=O)O[C@H](COC(=O)CCCCC/C=C\C/C=C\C/C=C\C/C=C\CCCCC)COC(=O)CCCCCCCCCCCCCCCCCCC. The van der Waals surface area contributed by atoms with Crippen molar-refractivity contribution in [2.75, 3.05) is 13.2 Å². The Morgan fingerprint density at radius 2 is 0.562 bits per heavy atom. The third kappa shape index (κ3) is 58.6. The van der Waals surface area contributed by atoms with Crippen LogP contribution in [0.15, 0.2) is 122 Å². The Balaban J connectivity index is 4.56. The maximum absolute atomic E-state index is 12.8. The molecule has 0 aliphatic rings. The van der Waals surface area contributed by atoms with Gasteiger partial charge in [0.25, 0.3) is 0 Å². The molecule has 6 nitrogen and oxygen atoms in total. The van der Waals surface area contributed by atoms with Crippen LogP contribution in [0.5, 0.6) is 0 Å². The third-order valence-electron chi connectivity index (χ3n) is 12.5. The fourth-order valence-corrected chi connectivity index (χ4v) is 7.98. The van der Waals surface area contributed by atoms with Crippen LogP contribution in [0.2, 0.25) is 0 Å².